The van der Waals surface area contributed by atoms with Crippen molar-refractivity contribution in [3.63, 3.8) is 0 Å². The number of carbonyl (C=O) groups is 3. The maximum Gasteiger partial charge on any atom is 0.419 e. The van der Waals surface area contributed by atoms with Crippen LogP contribution in [0.1, 0.15) is 34.5 Å². The zero-order valence-corrected chi connectivity index (χ0v) is 22.0. The Labute approximate surface area is 235 Å². The van der Waals surface area contributed by atoms with Crippen LogP contribution in [0.25, 0.3) is 22.5 Å². The number of anilines is 2. The van der Waals surface area contributed by atoms with E-state index in [0.717, 1.165) is 24.6 Å². The third-order valence-corrected chi connectivity index (χ3v) is 7.10. The first-order valence-corrected chi connectivity index (χ1v) is 13.0. The van der Waals surface area contributed by atoms with Crippen LogP contribution in [-0.4, -0.2) is 49.1 Å². The zero-order valence-electron chi connectivity index (χ0n) is 22.0. The van der Waals surface area contributed by atoms with Gasteiger partial charge in [-0.2, -0.15) is 23.1 Å². The molecule has 14 heteroatoms. The molecule has 0 atom stereocenters. The molecular weight excluding hydrogens is 555 g/mol. The van der Waals surface area contributed by atoms with Crippen molar-refractivity contribution in [3.8, 4) is 22.5 Å². The van der Waals surface area contributed by atoms with Gasteiger partial charge in [-0.3, -0.25) is 14.6 Å². The highest BCUT2D eigenvalue weighted by Gasteiger charge is 2.34. The van der Waals surface area contributed by atoms with Crippen LogP contribution in [0.3, 0.4) is 0 Å². The summed E-state index contributed by atoms with van der Waals surface area (Å²) in [6.07, 6.45) is -2.44. The molecule has 2 N–H and O–H groups in total. The second-order valence-electron chi connectivity index (χ2n) is 10.0. The standard InChI is InChI=1S/C28H22F3N7O4/c1-14-2-5-18(38(27(41)42)25(40)21-11-17(6-7-32-21)28(29,30)31)12-19(14)20-10-16-13-34-26(36-24(39)15-3-4-15)35-22(16)37-9-8-33-23(20)37/h2,5-7,10-13,15,33H,3-4,8-9H2,1H3,(H,41,42). The number of aryl methyl sites for hydroxylation is 1. The Balaban J connectivity index is 1.43. The predicted molar refractivity (Wildman–Crippen MR) is 143 cm³/mol. The Hall–Kier alpha value is -5.14. The van der Waals surface area contributed by atoms with Crippen LogP contribution >= 0.6 is 0 Å². The van der Waals surface area contributed by atoms with Crippen molar-refractivity contribution >= 4 is 29.4 Å². The molecule has 0 saturated heterocycles. The van der Waals surface area contributed by atoms with E-state index in [0.29, 0.717) is 58.5 Å². The number of nitrogens with zero attached hydrogens (tertiary/aromatic N) is 6. The van der Waals surface area contributed by atoms with E-state index < -0.39 is 29.4 Å². The normalized spacial score (nSPS) is 14.9. The molecule has 1 aromatic heterocycles. The molecule has 1 saturated carbocycles. The molecule has 3 aliphatic heterocycles. The monoisotopic (exact) mass is 577 g/mol. The maximum absolute atomic E-state index is 13.2. The summed E-state index contributed by atoms with van der Waals surface area (Å²) >= 11 is 0. The van der Waals surface area contributed by atoms with E-state index in [1.165, 1.54) is 12.1 Å². The Morgan fingerprint density at radius 1 is 1.10 bits per heavy atom. The molecule has 3 amide bonds. The minimum absolute atomic E-state index is 0.0661. The summed E-state index contributed by atoms with van der Waals surface area (Å²) in [7, 11) is 0. The first-order valence-electron chi connectivity index (χ1n) is 13.0. The summed E-state index contributed by atoms with van der Waals surface area (Å²) in [6.45, 7) is 2.92. The molecule has 11 nitrogen and oxygen atoms in total. The number of benzene rings is 1. The number of carboxylic acid groups (broad SMARTS) is 1. The Morgan fingerprint density at radius 2 is 1.88 bits per heavy atom. The Morgan fingerprint density at radius 3 is 2.60 bits per heavy atom. The van der Waals surface area contributed by atoms with Gasteiger partial charge in [-0.05, 0) is 61.2 Å². The minimum atomic E-state index is -4.74. The molecule has 42 heavy (non-hydrogen) atoms. The highest BCUT2D eigenvalue weighted by molar-refractivity contribution is 6.18. The summed E-state index contributed by atoms with van der Waals surface area (Å²) in [5, 5.41) is 13.2. The molecule has 1 aromatic carbocycles. The van der Waals surface area contributed by atoms with Crippen LogP contribution in [0, 0.1) is 12.8 Å². The molecule has 2 aromatic rings. The first kappa shape index (κ1) is 27.1. The summed E-state index contributed by atoms with van der Waals surface area (Å²) in [6, 6.07) is 7.51. The van der Waals surface area contributed by atoms with Gasteiger partial charge in [0.15, 0.2) is 0 Å². The lowest BCUT2D eigenvalue weighted by Gasteiger charge is -2.21. The third-order valence-electron chi connectivity index (χ3n) is 7.10. The number of pyridine rings is 2. The Kier molecular flexibility index (Phi) is 6.47. The Bertz CT molecular complexity index is 1810. The van der Waals surface area contributed by atoms with Gasteiger partial charge in [-0.25, -0.2) is 14.7 Å². The van der Waals surface area contributed by atoms with Crippen LogP contribution in [0.2, 0.25) is 0 Å². The quantitative estimate of drug-likeness (QED) is 0.364. The van der Waals surface area contributed by atoms with E-state index in [-0.39, 0.29) is 23.1 Å². The fraction of sp³-hybridized carbons (Fsp3) is 0.250. The van der Waals surface area contributed by atoms with E-state index in [2.05, 4.69) is 25.3 Å². The van der Waals surface area contributed by atoms with Crippen LogP contribution in [0.5, 0.6) is 0 Å². The van der Waals surface area contributed by atoms with Gasteiger partial charge in [0.2, 0.25) is 0 Å². The number of aromatic nitrogens is 4. The molecule has 0 unspecified atom stereocenters. The number of alkyl halides is 3. The fourth-order valence-electron chi connectivity index (χ4n) is 4.83. The van der Waals surface area contributed by atoms with Crippen molar-refractivity contribution in [1.29, 1.82) is 0 Å². The topological polar surface area (TPSA) is 143 Å². The molecule has 0 bridgehead atoms. The lowest BCUT2D eigenvalue weighted by atomic mass is 9.98. The first-order chi connectivity index (χ1) is 20.0. The van der Waals surface area contributed by atoms with Crippen LogP contribution in [-0.2, 0) is 17.5 Å². The second kappa shape index (κ2) is 10.0. The van der Waals surface area contributed by atoms with Crippen LogP contribution in [0.15, 0.2) is 53.8 Å². The van der Waals surface area contributed by atoms with E-state index in [1.54, 1.807) is 25.3 Å². The average molecular weight is 578 g/mol. The van der Waals surface area contributed by atoms with Gasteiger partial charge in [-0.1, -0.05) is 6.07 Å². The van der Waals surface area contributed by atoms with Gasteiger partial charge in [0.05, 0.1) is 11.3 Å². The SMILES string of the molecule is Cc1ccc(N(C(=O)O)C(=O)c2cc(C(F)(F)F)ccn2)cc1-c1cc2cnc(=NC(=O)C3CC3)nc-2n2c1NCC2. The van der Waals surface area contributed by atoms with Crippen LogP contribution < -0.4 is 15.8 Å². The van der Waals surface area contributed by atoms with E-state index >= 15 is 0 Å². The number of carbonyl (C=O) groups excluding carboxylic acids is 2. The molecule has 6 rings (SSSR count). The summed E-state index contributed by atoms with van der Waals surface area (Å²) < 4.78 is 41.6. The molecule has 0 radical (unpaired) electrons. The van der Waals surface area contributed by atoms with Gasteiger partial charge in [0.1, 0.15) is 17.3 Å². The number of hydrogen-bond acceptors (Lipinski definition) is 7. The highest BCUT2D eigenvalue weighted by Crippen LogP contribution is 2.39. The predicted octanol–water partition coefficient (Wildman–Crippen LogP) is 4.36. The van der Waals surface area contributed by atoms with Gasteiger partial charge in [-0.15, -0.1) is 0 Å². The number of nitrogens with one attached hydrogen (secondary N) is 1. The zero-order chi connectivity index (χ0) is 29.8. The van der Waals surface area contributed by atoms with E-state index in [9.17, 15) is 32.7 Å². The smallest absolute Gasteiger partial charge is 0.419 e. The number of amides is 3. The van der Waals surface area contributed by atoms with Crippen molar-refractivity contribution < 1.29 is 32.7 Å². The van der Waals surface area contributed by atoms with Crippen molar-refractivity contribution in [2.24, 2.45) is 10.9 Å². The summed E-state index contributed by atoms with van der Waals surface area (Å²) in [5.41, 5.74) is 0.820. The van der Waals surface area contributed by atoms with Gasteiger partial charge >= 0.3 is 12.3 Å². The number of imide groups is 1. The van der Waals surface area contributed by atoms with Crippen molar-refractivity contribution in [1.82, 2.24) is 19.5 Å². The highest BCUT2D eigenvalue weighted by atomic mass is 19.4. The molecular formula is C28H22F3N7O4. The number of rotatable bonds is 4. The number of hydrogen-bond donors (Lipinski definition) is 2. The lowest BCUT2D eigenvalue weighted by Crippen LogP contribution is -2.36. The average Bonchev–Trinajstić information content (AvgIpc) is 3.69. The summed E-state index contributed by atoms with van der Waals surface area (Å²) in [5.74, 6) is -0.304. The molecule has 0 spiro atoms. The van der Waals surface area contributed by atoms with Crippen molar-refractivity contribution in [2.75, 3.05) is 16.8 Å². The molecule has 1 aliphatic carbocycles. The number of fused-ring (bicyclic) bond motifs is 3. The van der Waals surface area contributed by atoms with E-state index in [4.69, 9.17) is 0 Å². The second-order valence-corrected chi connectivity index (χ2v) is 10.0. The van der Waals surface area contributed by atoms with E-state index in [1.807, 2.05) is 4.57 Å². The van der Waals surface area contributed by atoms with Crippen LogP contribution in [0.4, 0.5) is 29.5 Å². The largest absolute Gasteiger partial charge is 0.464 e. The lowest BCUT2D eigenvalue weighted by molar-refractivity contribution is -0.137. The van der Waals surface area contributed by atoms with Crippen molar-refractivity contribution in [2.45, 2.75) is 32.5 Å². The fourth-order valence-corrected chi connectivity index (χ4v) is 4.83. The van der Waals surface area contributed by atoms with Gasteiger partial charge < -0.3 is 15.0 Å². The maximum atomic E-state index is 13.2. The molecule has 4 heterocycles. The third kappa shape index (κ3) is 4.95. The molecule has 214 valence electrons. The minimum Gasteiger partial charge on any atom is -0.464 e. The van der Waals surface area contributed by atoms with Crippen molar-refractivity contribution in [3.05, 3.63) is 71.2 Å². The van der Waals surface area contributed by atoms with Gasteiger partial charge in [0, 0.05) is 42.5 Å². The number of halogens is 3. The van der Waals surface area contributed by atoms with Gasteiger partial charge in [0.25, 0.3) is 17.4 Å². The molecule has 1 fully saturated rings. The summed E-state index contributed by atoms with van der Waals surface area (Å²) in [4.78, 5) is 54.4. The molecule has 4 aliphatic rings.